The van der Waals surface area contributed by atoms with Crippen molar-refractivity contribution in [2.45, 2.75) is 6.18 Å². The van der Waals surface area contributed by atoms with E-state index in [1.165, 1.54) is 12.1 Å². The molecule has 15 heavy (non-hydrogen) atoms. The molecule has 3 nitrogen and oxygen atoms in total. The standard InChI is InChI=1S/C9H4F3N2O/c10-9(11,12)7-3-1-2-6(4-7)8-13-5-14-15-8/h1-4H. The van der Waals surface area contributed by atoms with Crippen molar-refractivity contribution in [3.8, 4) is 11.5 Å². The van der Waals surface area contributed by atoms with E-state index in [-0.39, 0.29) is 11.5 Å². The molecular formula is C9H4F3N2O. The van der Waals surface area contributed by atoms with Crippen molar-refractivity contribution in [2.24, 2.45) is 0 Å². The summed E-state index contributed by atoms with van der Waals surface area (Å²) in [7, 11) is 0. The van der Waals surface area contributed by atoms with E-state index in [4.69, 9.17) is 0 Å². The molecule has 6 heteroatoms. The molecule has 1 aromatic heterocycles. The van der Waals surface area contributed by atoms with Gasteiger partial charge >= 0.3 is 6.18 Å². The van der Waals surface area contributed by atoms with Gasteiger partial charge in [0.2, 0.25) is 6.33 Å². The molecule has 0 spiro atoms. The van der Waals surface area contributed by atoms with Gasteiger partial charge in [0.05, 0.1) is 5.56 Å². The fourth-order valence-corrected chi connectivity index (χ4v) is 1.10. The molecule has 0 fully saturated rings. The van der Waals surface area contributed by atoms with Crippen LogP contribution in [0, 0.1) is 6.33 Å². The molecule has 2 aromatic rings. The molecule has 0 aliphatic carbocycles. The zero-order valence-corrected chi connectivity index (χ0v) is 7.25. The van der Waals surface area contributed by atoms with Gasteiger partial charge in [-0.3, -0.25) is 0 Å². The highest BCUT2D eigenvalue weighted by Gasteiger charge is 2.30. The highest BCUT2D eigenvalue weighted by molar-refractivity contribution is 5.53. The molecule has 0 amide bonds. The van der Waals surface area contributed by atoms with Crippen LogP contribution in [-0.4, -0.2) is 10.1 Å². The normalized spacial score (nSPS) is 11.7. The van der Waals surface area contributed by atoms with Crippen LogP contribution in [0.1, 0.15) is 5.56 Å². The van der Waals surface area contributed by atoms with Crippen molar-refractivity contribution < 1.29 is 17.7 Å². The maximum absolute atomic E-state index is 12.3. The van der Waals surface area contributed by atoms with Gasteiger partial charge in [-0.15, -0.1) is 0 Å². The largest absolute Gasteiger partial charge is 0.416 e. The third-order valence-corrected chi connectivity index (χ3v) is 1.76. The lowest BCUT2D eigenvalue weighted by Gasteiger charge is -2.06. The van der Waals surface area contributed by atoms with Crippen LogP contribution < -0.4 is 0 Å². The summed E-state index contributed by atoms with van der Waals surface area (Å²) in [4.78, 5) is 3.54. The van der Waals surface area contributed by atoms with Crippen LogP contribution in [0.3, 0.4) is 0 Å². The number of alkyl halides is 3. The first-order valence-electron chi connectivity index (χ1n) is 3.95. The predicted molar refractivity (Wildman–Crippen MR) is 43.6 cm³/mol. The minimum atomic E-state index is -4.38. The number of rotatable bonds is 1. The van der Waals surface area contributed by atoms with Crippen LogP contribution in [0.15, 0.2) is 28.8 Å². The van der Waals surface area contributed by atoms with Crippen LogP contribution in [0.4, 0.5) is 13.2 Å². The van der Waals surface area contributed by atoms with Crippen molar-refractivity contribution in [1.82, 2.24) is 10.1 Å². The van der Waals surface area contributed by atoms with E-state index in [1.54, 1.807) is 0 Å². The fraction of sp³-hybridized carbons (Fsp3) is 0.111. The molecule has 1 aromatic carbocycles. The molecule has 0 bridgehead atoms. The maximum atomic E-state index is 12.3. The molecule has 0 saturated heterocycles. The van der Waals surface area contributed by atoms with E-state index in [1.807, 2.05) is 0 Å². The van der Waals surface area contributed by atoms with E-state index < -0.39 is 11.7 Å². The third-order valence-electron chi connectivity index (χ3n) is 1.76. The molecule has 1 radical (unpaired) electrons. The molecule has 77 valence electrons. The lowest BCUT2D eigenvalue weighted by Crippen LogP contribution is -2.04. The minimum absolute atomic E-state index is 0.0149. The molecule has 1 heterocycles. The van der Waals surface area contributed by atoms with Gasteiger partial charge in [-0.1, -0.05) is 11.2 Å². The van der Waals surface area contributed by atoms with Crippen molar-refractivity contribution in [2.75, 3.05) is 0 Å². The Bertz CT molecular complexity index is 451. The summed E-state index contributed by atoms with van der Waals surface area (Å²) < 4.78 is 41.6. The molecule has 0 atom stereocenters. The molecular weight excluding hydrogens is 209 g/mol. The van der Waals surface area contributed by atoms with Crippen molar-refractivity contribution in [3.05, 3.63) is 36.2 Å². The molecule has 0 aliphatic heterocycles. The zero-order valence-electron chi connectivity index (χ0n) is 7.25. The topological polar surface area (TPSA) is 38.9 Å². The lowest BCUT2D eigenvalue weighted by molar-refractivity contribution is -0.137. The Morgan fingerprint density at radius 1 is 1.27 bits per heavy atom. The van der Waals surface area contributed by atoms with Crippen molar-refractivity contribution >= 4 is 0 Å². The van der Waals surface area contributed by atoms with Gasteiger partial charge in [-0.2, -0.15) is 18.2 Å². The van der Waals surface area contributed by atoms with Crippen LogP contribution in [-0.2, 0) is 6.18 Å². The first-order valence-corrected chi connectivity index (χ1v) is 3.95. The van der Waals surface area contributed by atoms with Crippen molar-refractivity contribution in [3.63, 3.8) is 0 Å². The van der Waals surface area contributed by atoms with E-state index in [0.717, 1.165) is 12.1 Å². The summed E-state index contributed by atoms with van der Waals surface area (Å²) >= 11 is 0. The van der Waals surface area contributed by atoms with Crippen LogP contribution in [0.2, 0.25) is 0 Å². The SMILES string of the molecule is FC(F)(F)c1cccc(-c2n[c]no2)c1. The first kappa shape index (κ1) is 9.70. The average molecular weight is 213 g/mol. The van der Waals surface area contributed by atoms with E-state index >= 15 is 0 Å². The quantitative estimate of drug-likeness (QED) is 0.730. The fourth-order valence-electron chi connectivity index (χ4n) is 1.10. The Kier molecular flexibility index (Phi) is 2.18. The smallest absolute Gasteiger partial charge is 0.333 e. The van der Waals surface area contributed by atoms with Gasteiger partial charge in [0, 0.05) is 5.56 Å². The number of hydrogen-bond donors (Lipinski definition) is 0. The van der Waals surface area contributed by atoms with Gasteiger partial charge in [-0.05, 0) is 18.2 Å². The van der Waals surface area contributed by atoms with Crippen LogP contribution in [0.25, 0.3) is 11.5 Å². The molecule has 0 unspecified atom stereocenters. The average Bonchev–Trinajstić information content (AvgIpc) is 2.69. The van der Waals surface area contributed by atoms with Gasteiger partial charge < -0.3 is 4.52 Å². The summed E-state index contributed by atoms with van der Waals surface area (Å²) in [5, 5.41) is 3.20. The van der Waals surface area contributed by atoms with Gasteiger partial charge in [0.1, 0.15) is 0 Å². The third kappa shape index (κ3) is 1.98. The summed E-state index contributed by atoms with van der Waals surface area (Å²) in [5.74, 6) is 0.0149. The summed E-state index contributed by atoms with van der Waals surface area (Å²) in [6.07, 6.45) is -2.24. The Morgan fingerprint density at radius 2 is 2.07 bits per heavy atom. The Hall–Kier alpha value is -1.85. The first-order chi connectivity index (χ1) is 7.07. The molecule has 0 N–H and O–H groups in total. The van der Waals surface area contributed by atoms with Gasteiger partial charge in [0.25, 0.3) is 5.89 Å². The lowest BCUT2D eigenvalue weighted by atomic mass is 10.1. The Morgan fingerprint density at radius 3 is 2.67 bits per heavy atom. The van der Waals surface area contributed by atoms with Crippen molar-refractivity contribution in [1.29, 1.82) is 0 Å². The van der Waals surface area contributed by atoms with E-state index in [9.17, 15) is 13.2 Å². The zero-order chi connectivity index (χ0) is 10.9. The molecule has 2 rings (SSSR count). The highest BCUT2D eigenvalue weighted by Crippen LogP contribution is 2.31. The number of benzene rings is 1. The second kappa shape index (κ2) is 3.38. The van der Waals surface area contributed by atoms with Gasteiger partial charge in [0.15, 0.2) is 0 Å². The number of aromatic nitrogens is 2. The second-order valence-electron chi connectivity index (χ2n) is 2.78. The van der Waals surface area contributed by atoms with Gasteiger partial charge in [-0.25, -0.2) is 0 Å². The Labute approximate surface area is 82.5 Å². The summed E-state index contributed by atoms with van der Waals surface area (Å²) in [6.45, 7) is 0. The van der Waals surface area contributed by atoms with Crippen LogP contribution >= 0.6 is 0 Å². The molecule has 0 saturated carbocycles. The monoisotopic (exact) mass is 213 g/mol. The predicted octanol–water partition coefficient (Wildman–Crippen LogP) is 2.56. The number of hydrogen-bond acceptors (Lipinski definition) is 3. The minimum Gasteiger partial charge on any atom is -0.333 e. The molecule has 0 aliphatic rings. The summed E-state index contributed by atoms with van der Waals surface area (Å²) in [5.41, 5.74) is -0.531. The highest BCUT2D eigenvalue weighted by atomic mass is 19.4. The number of halogens is 3. The van der Waals surface area contributed by atoms with E-state index in [2.05, 4.69) is 21.0 Å². The Balaban J connectivity index is 2.44. The summed E-state index contributed by atoms with van der Waals surface area (Å²) in [6, 6.07) is 4.66. The second-order valence-corrected chi connectivity index (χ2v) is 2.78. The number of nitrogens with zero attached hydrogens (tertiary/aromatic N) is 2. The van der Waals surface area contributed by atoms with E-state index in [0.29, 0.717) is 0 Å². The maximum Gasteiger partial charge on any atom is 0.416 e. The van der Waals surface area contributed by atoms with Crippen LogP contribution in [0.5, 0.6) is 0 Å².